The van der Waals surface area contributed by atoms with Gasteiger partial charge in [-0.15, -0.1) is 0 Å². The molecule has 0 unspecified atom stereocenters. The number of allylic oxidation sites excluding steroid dienone is 3. The van der Waals surface area contributed by atoms with Gasteiger partial charge in [0.1, 0.15) is 11.6 Å². The maximum absolute atomic E-state index is 13.2. The molecule has 35 heavy (non-hydrogen) atoms. The van der Waals surface area contributed by atoms with Crippen LogP contribution < -0.4 is 15.4 Å². The summed E-state index contributed by atoms with van der Waals surface area (Å²) in [6, 6.07) is 16.9. The van der Waals surface area contributed by atoms with Crippen molar-refractivity contribution in [1.82, 2.24) is 4.90 Å². The van der Waals surface area contributed by atoms with Gasteiger partial charge in [0.25, 0.3) is 5.91 Å². The lowest BCUT2D eigenvalue weighted by Gasteiger charge is -2.39. The number of hydrogen-bond donors (Lipinski definition) is 1. The lowest BCUT2D eigenvalue weighted by atomic mass is 9.75. The van der Waals surface area contributed by atoms with E-state index in [1.54, 1.807) is 24.1 Å². The lowest BCUT2D eigenvalue weighted by molar-refractivity contribution is -0.116. The molecule has 0 spiro atoms. The minimum atomic E-state index is -0.520. The molecule has 7 heteroatoms. The molecule has 1 atom stereocenters. The topological polar surface area (TPSA) is 99.7 Å². The molecular weight excluding hydrogens is 440 g/mol. The van der Waals surface area contributed by atoms with Gasteiger partial charge in [0.15, 0.2) is 5.78 Å². The summed E-state index contributed by atoms with van der Waals surface area (Å²) >= 11 is 0. The number of rotatable bonds is 6. The summed E-state index contributed by atoms with van der Waals surface area (Å²) in [5.74, 6) is 0.489. The number of methoxy groups -OCH3 is 1. The quantitative estimate of drug-likeness (QED) is 0.668. The summed E-state index contributed by atoms with van der Waals surface area (Å²) in [4.78, 5) is 29.6. The van der Waals surface area contributed by atoms with Gasteiger partial charge in [-0.2, -0.15) is 5.26 Å². The Kier molecular flexibility index (Phi) is 6.92. The van der Waals surface area contributed by atoms with Crippen LogP contribution in [0.2, 0.25) is 0 Å². The molecule has 0 bridgehead atoms. The van der Waals surface area contributed by atoms with Crippen LogP contribution in [0.5, 0.6) is 5.75 Å². The zero-order chi connectivity index (χ0) is 25.1. The van der Waals surface area contributed by atoms with Crippen LogP contribution in [0.1, 0.15) is 54.9 Å². The third-order valence-corrected chi connectivity index (χ3v) is 6.79. The third kappa shape index (κ3) is 4.28. The van der Waals surface area contributed by atoms with Crippen LogP contribution in [0.15, 0.2) is 71.2 Å². The number of nitriles is 1. The number of amides is 1. The summed E-state index contributed by atoms with van der Waals surface area (Å²) in [5, 5.41) is 10.1. The van der Waals surface area contributed by atoms with E-state index in [1.165, 1.54) is 0 Å². The Morgan fingerprint density at radius 1 is 1.11 bits per heavy atom. The molecule has 2 N–H and O–H groups in total. The fourth-order valence-electron chi connectivity index (χ4n) is 4.96. The number of hydrogen-bond acceptors (Lipinski definition) is 6. The fraction of sp³-hybridized carbons (Fsp3) is 0.321. The van der Waals surface area contributed by atoms with Crippen LogP contribution in [-0.4, -0.2) is 36.8 Å². The fourth-order valence-corrected chi connectivity index (χ4v) is 4.96. The average molecular weight is 471 g/mol. The lowest BCUT2D eigenvalue weighted by Crippen LogP contribution is -2.38. The number of carbonyl (C=O) groups is 2. The van der Waals surface area contributed by atoms with Crippen LogP contribution in [0.25, 0.3) is 0 Å². The summed E-state index contributed by atoms with van der Waals surface area (Å²) in [6.45, 7) is 5.17. The van der Waals surface area contributed by atoms with E-state index < -0.39 is 5.92 Å². The van der Waals surface area contributed by atoms with E-state index >= 15 is 0 Å². The van der Waals surface area contributed by atoms with E-state index in [9.17, 15) is 14.9 Å². The van der Waals surface area contributed by atoms with Crippen molar-refractivity contribution in [3.63, 3.8) is 0 Å². The normalized spacial score (nSPS) is 17.7. The zero-order valence-corrected chi connectivity index (χ0v) is 20.4. The average Bonchev–Trinajstić information content (AvgIpc) is 2.89. The van der Waals surface area contributed by atoms with Crippen LogP contribution in [0.3, 0.4) is 0 Å². The summed E-state index contributed by atoms with van der Waals surface area (Å²) < 4.78 is 5.27. The SMILES string of the molecule is CCN(CC)C(=O)c1ccc(N2C(N)=C(C#N)[C@@H](c3ccc(OC)cc3)C3=C2CCCC3=O)cc1. The van der Waals surface area contributed by atoms with Crippen LogP contribution in [0, 0.1) is 11.3 Å². The number of ketones is 1. The second-order valence-electron chi connectivity index (χ2n) is 8.61. The molecule has 7 nitrogen and oxygen atoms in total. The molecule has 0 saturated carbocycles. The van der Waals surface area contributed by atoms with E-state index in [2.05, 4.69) is 6.07 Å². The number of anilines is 1. The van der Waals surface area contributed by atoms with Gasteiger partial charge in [-0.1, -0.05) is 12.1 Å². The molecule has 1 amide bonds. The molecule has 2 aromatic carbocycles. The highest BCUT2D eigenvalue weighted by Gasteiger charge is 2.40. The Bertz CT molecular complexity index is 1230. The Balaban J connectivity index is 1.81. The molecule has 180 valence electrons. The maximum atomic E-state index is 13.2. The molecule has 1 aliphatic carbocycles. The van der Waals surface area contributed by atoms with Crippen LogP contribution in [0.4, 0.5) is 5.69 Å². The molecule has 1 aliphatic heterocycles. The number of Topliss-reactive ketones (excluding diaryl/α,β-unsaturated/α-hetero) is 1. The Hall–Kier alpha value is -4.05. The molecule has 0 fully saturated rings. The number of nitrogens with zero attached hydrogens (tertiary/aromatic N) is 3. The predicted octanol–water partition coefficient (Wildman–Crippen LogP) is 4.48. The Labute approximate surface area is 206 Å². The molecule has 2 aromatic rings. The monoisotopic (exact) mass is 470 g/mol. The van der Waals surface area contributed by atoms with Crippen molar-refractivity contribution in [3.05, 3.63) is 82.3 Å². The van der Waals surface area contributed by atoms with Crippen molar-refractivity contribution < 1.29 is 14.3 Å². The molecule has 1 heterocycles. The first kappa shape index (κ1) is 24.1. The summed E-state index contributed by atoms with van der Waals surface area (Å²) in [5.41, 5.74) is 10.5. The largest absolute Gasteiger partial charge is 0.497 e. The minimum absolute atomic E-state index is 0.0330. The highest BCUT2D eigenvalue weighted by atomic mass is 16.5. The van der Waals surface area contributed by atoms with Gasteiger partial charge in [0.2, 0.25) is 0 Å². The van der Waals surface area contributed by atoms with Gasteiger partial charge in [0, 0.05) is 42.0 Å². The van der Waals surface area contributed by atoms with Crippen molar-refractivity contribution >= 4 is 17.4 Å². The number of carbonyl (C=O) groups excluding carboxylic acids is 2. The molecular formula is C28H30N4O3. The van der Waals surface area contributed by atoms with Crippen LogP contribution in [-0.2, 0) is 4.79 Å². The van der Waals surface area contributed by atoms with E-state index in [4.69, 9.17) is 10.5 Å². The van der Waals surface area contributed by atoms with Crippen molar-refractivity contribution in [3.8, 4) is 11.8 Å². The van der Waals surface area contributed by atoms with E-state index in [0.29, 0.717) is 54.2 Å². The van der Waals surface area contributed by atoms with Crippen molar-refractivity contribution in [1.29, 1.82) is 5.26 Å². The van der Waals surface area contributed by atoms with Gasteiger partial charge < -0.3 is 15.4 Å². The van der Waals surface area contributed by atoms with Crippen molar-refractivity contribution in [2.45, 2.75) is 39.0 Å². The Morgan fingerprint density at radius 3 is 2.34 bits per heavy atom. The number of benzene rings is 2. The van der Waals surface area contributed by atoms with E-state index in [-0.39, 0.29) is 11.7 Å². The predicted molar refractivity (Wildman–Crippen MR) is 135 cm³/mol. The van der Waals surface area contributed by atoms with Crippen molar-refractivity contribution in [2.75, 3.05) is 25.1 Å². The second-order valence-corrected chi connectivity index (χ2v) is 8.61. The van der Waals surface area contributed by atoms with Crippen molar-refractivity contribution in [2.24, 2.45) is 5.73 Å². The smallest absolute Gasteiger partial charge is 0.253 e. The second kappa shape index (κ2) is 10.1. The standard InChI is InChI=1S/C28H30N4O3/c1-4-31(5-2)28(34)19-9-13-20(14-10-19)32-23-7-6-8-24(33)26(23)25(22(17-29)27(32)30)18-11-15-21(35-3)16-12-18/h9-16,25H,4-8,30H2,1-3H3/t25-/m1/s1. The highest BCUT2D eigenvalue weighted by Crippen LogP contribution is 2.46. The highest BCUT2D eigenvalue weighted by molar-refractivity contribution is 6.01. The van der Waals surface area contributed by atoms with E-state index in [1.807, 2.05) is 55.1 Å². The van der Waals surface area contributed by atoms with Gasteiger partial charge in [-0.05, 0) is 68.7 Å². The van der Waals surface area contributed by atoms with Gasteiger partial charge >= 0.3 is 0 Å². The van der Waals surface area contributed by atoms with Gasteiger partial charge in [0.05, 0.1) is 24.7 Å². The first-order valence-corrected chi connectivity index (χ1v) is 11.9. The third-order valence-electron chi connectivity index (χ3n) is 6.79. The van der Waals surface area contributed by atoms with Gasteiger partial charge in [-0.3, -0.25) is 14.5 Å². The minimum Gasteiger partial charge on any atom is -0.497 e. The van der Waals surface area contributed by atoms with Crippen LogP contribution >= 0.6 is 0 Å². The first-order valence-electron chi connectivity index (χ1n) is 11.9. The summed E-state index contributed by atoms with van der Waals surface area (Å²) in [7, 11) is 1.60. The zero-order valence-electron chi connectivity index (χ0n) is 20.4. The van der Waals surface area contributed by atoms with E-state index in [0.717, 1.165) is 23.4 Å². The molecule has 2 aliphatic rings. The molecule has 0 saturated heterocycles. The Morgan fingerprint density at radius 2 is 1.77 bits per heavy atom. The molecule has 0 radical (unpaired) electrons. The molecule has 4 rings (SSSR count). The maximum Gasteiger partial charge on any atom is 0.253 e. The van der Waals surface area contributed by atoms with Gasteiger partial charge in [-0.25, -0.2) is 0 Å². The number of nitrogens with two attached hydrogens (primary N) is 1. The molecule has 0 aromatic heterocycles. The summed E-state index contributed by atoms with van der Waals surface area (Å²) in [6.07, 6.45) is 1.83. The number of ether oxygens (including phenoxy) is 1. The first-order chi connectivity index (χ1) is 16.9.